The first kappa shape index (κ1) is 26.9. The first-order valence-electron chi connectivity index (χ1n) is 12.7. The number of carbonyl (C=O) groups is 1. The highest BCUT2D eigenvalue weighted by Gasteiger charge is 2.25. The van der Waals surface area contributed by atoms with E-state index in [1.807, 2.05) is 9.80 Å². The van der Waals surface area contributed by atoms with Crippen molar-refractivity contribution in [2.24, 2.45) is 0 Å². The Morgan fingerprint density at radius 3 is 2.51 bits per heavy atom. The van der Waals surface area contributed by atoms with Gasteiger partial charge in [0.15, 0.2) is 5.75 Å². The molecule has 9 nitrogen and oxygen atoms in total. The number of nitrogens with one attached hydrogen (secondary N) is 1. The van der Waals surface area contributed by atoms with Gasteiger partial charge in [0.25, 0.3) is 0 Å². The van der Waals surface area contributed by atoms with Gasteiger partial charge in [-0.05, 0) is 44.0 Å². The second-order valence-electron chi connectivity index (χ2n) is 9.35. The number of amides is 1. The summed E-state index contributed by atoms with van der Waals surface area (Å²) < 4.78 is 19.6. The number of piperazine rings is 1. The van der Waals surface area contributed by atoms with E-state index in [0.717, 1.165) is 31.6 Å². The number of piperidine rings is 1. The average molecular weight is 534 g/mol. The van der Waals surface area contributed by atoms with Crippen LogP contribution in [0.4, 0.5) is 21.5 Å². The third-order valence-corrected chi connectivity index (χ3v) is 7.17. The molecular weight excluding hydrogens is 501 g/mol. The molecule has 4 rings (SSSR count). The average Bonchev–Trinajstić information content (AvgIpc) is 2.88. The molecule has 1 N–H and O–H groups in total. The molecule has 0 unspecified atom stereocenters. The number of benzene rings is 2. The molecule has 37 heavy (non-hydrogen) atoms. The number of anilines is 2. The van der Waals surface area contributed by atoms with Crippen LogP contribution in [-0.2, 0) is 4.79 Å². The summed E-state index contributed by atoms with van der Waals surface area (Å²) in [5.41, 5.74) is 1.29. The fourth-order valence-corrected chi connectivity index (χ4v) is 5.06. The lowest BCUT2D eigenvalue weighted by Gasteiger charge is -2.37. The molecule has 0 atom stereocenters. The molecule has 2 heterocycles. The van der Waals surface area contributed by atoms with Crippen molar-refractivity contribution < 1.29 is 18.8 Å². The summed E-state index contributed by atoms with van der Waals surface area (Å²) in [6.45, 7) is 7.14. The topological polar surface area (TPSA) is 91.2 Å². The summed E-state index contributed by atoms with van der Waals surface area (Å²) in [4.78, 5) is 29.7. The van der Waals surface area contributed by atoms with Crippen LogP contribution in [0.2, 0.25) is 5.02 Å². The maximum Gasteiger partial charge on any atom is 0.311 e. The third kappa shape index (κ3) is 7.01. The van der Waals surface area contributed by atoms with Crippen molar-refractivity contribution in [1.82, 2.24) is 9.80 Å². The summed E-state index contributed by atoms with van der Waals surface area (Å²) in [7, 11) is 0. The van der Waals surface area contributed by atoms with Crippen LogP contribution in [0.25, 0.3) is 0 Å². The van der Waals surface area contributed by atoms with Gasteiger partial charge in [-0.1, -0.05) is 11.6 Å². The number of carbonyl (C=O) groups excluding carboxylic acids is 1. The van der Waals surface area contributed by atoms with E-state index in [1.165, 1.54) is 12.1 Å². The zero-order chi connectivity index (χ0) is 26.4. The molecule has 200 valence electrons. The maximum absolute atomic E-state index is 14.2. The molecule has 0 radical (unpaired) electrons. The molecule has 2 aliphatic heterocycles. The normalized spacial score (nSPS) is 17.1. The summed E-state index contributed by atoms with van der Waals surface area (Å²) in [6, 6.07) is 9.76. The predicted octanol–water partition coefficient (Wildman–Crippen LogP) is 4.40. The number of hydrogen-bond acceptors (Lipinski definition) is 7. The maximum atomic E-state index is 14.2. The Hall–Kier alpha value is -3.11. The highest BCUT2D eigenvalue weighted by Crippen LogP contribution is 2.31. The lowest BCUT2D eigenvalue weighted by molar-refractivity contribution is -0.385. The van der Waals surface area contributed by atoms with E-state index in [2.05, 4.69) is 10.2 Å². The largest absolute Gasteiger partial charge is 0.487 e. The molecule has 0 saturated carbocycles. The smallest absolute Gasteiger partial charge is 0.311 e. The van der Waals surface area contributed by atoms with Crippen molar-refractivity contribution >= 4 is 34.6 Å². The molecule has 11 heteroatoms. The molecular formula is C26H33ClFN5O4. The van der Waals surface area contributed by atoms with Gasteiger partial charge in [-0.3, -0.25) is 19.8 Å². The molecule has 2 aromatic rings. The minimum absolute atomic E-state index is 0.0497. The molecule has 1 amide bonds. The Morgan fingerprint density at radius 2 is 1.86 bits per heavy atom. The number of halogens is 2. The van der Waals surface area contributed by atoms with Crippen LogP contribution in [0.5, 0.6) is 5.75 Å². The Kier molecular flexibility index (Phi) is 9.04. The fraction of sp³-hybridized carbons (Fsp3) is 0.500. The third-order valence-electron chi connectivity index (χ3n) is 6.94. The van der Waals surface area contributed by atoms with Gasteiger partial charge in [0.2, 0.25) is 5.91 Å². The summed E-state index contributed by atoms with van der Waals surface area (Å²) in [5.74, 6) is 0.0974. The highest BCUT2D eigenvalue weighted by atomic mass is 35.5. The van der Waals surface area contributed by atoms with Crippen molar-refractivity contribution in [3.8, 4) is 5.75 Å². The zero-order valence-electron chi connectivity index (χ0n) is 21.0. The lowest BCUT2D eigenvalue weighted by Crippen LogP contribution is -2.48. The number of nitro groups is 1. The molecule has 2 saturated heterocycles. The van der Waals surface area contributed by atoms with Crippen LogP contribution in [0.3, 0.4) is 0 Å². The number of ether oxygens (including phenoxy) is 1. The number of nitrogens with zero attached hydrogens (tertiary/aromatic N) is 4. The Balaban J connectivity index is 1.19. The van der Waals surface area contributed by atoms with E-state index in [4.69, 9.17) is 16.3 Å². The van der Waals surface area contributed by atoms with Crippen LogP contribution in [0.15, 0.2) is 36.4 Å². The van der Waals surface area contributed by atoms with E-state index in [1.54, 1.807) is 31.2 Å². The summed E-state index contributed by atoms with van der Waals surface area (Å²) >= 11 is 5.86. The van der Waals surface area contributed by atoms with Gasteiger partial charge in [0, 0.05) is 81.1 Å². The van der Waals surface area contributed by atoms with Crippen molar-refractivity contribution in [1.29, 1.82) is 0 Å². The Morgan fingerprint density at radius 1 is 1.14 bits per heavy atom. The molecule has 0 spiro atoms. The van der Waals surface area contributed by atoms with Gasteiger partial charge in [-0.2, -0.15) is 0 Å². The van der Waals surface area contributed by atoms with E-state index < -0.39 is 4.92 Å². The summed E-state index contributed by atoms with van der Waals surface area (Å²) in [5, 5.41) is 15.0. The first-order valence-corrected chi connectivity index (χ1v) is 13.1. The van der Waals surface area contributed by atoms with E-state index in [0.29, 0.717) is 56.5 Å². The van der Waals surface area contributed by atoms with Crippen molar-refractivity contribution in [3.63, 3.8) is 0 Å². The van der Waals surface area contributed by atoms with Crippen LogP contribution in [0, 0.1) is 15.9 Å². The van der Waals surface area contributed by atoms with E-state index in [-0.39, 0.29) is 29.2 Å². The zero-order valence-corrected chi connectivity index (χ0v) is 21.8. The van der Waals surface area contributed by atoms with Gasteiger partial charge in [-0.15, -0.1) is 0 Å². The second kappa shape index (κ2) is 12.4. The van der Waals surface area contributed by atoms with Gasteiger partial charge in [0.05, 0.1) is 17.2 Å². The Labute approximate surface area is 221 Å². The number of hydrogen-bond donors (Lipinski definition) is 1. The van der Waals surface area contributed by atoms with Gasteiger partial charge < -0.3 is 19.9 Å². The highest BCUT2D eigenvalue weighted by molar-refractivity contribution is 6.30. The standard InChI is InChI=1S/C26H33ClFN5O4/c1-2-37-25-18-21(4-6-24(25)33(35)36)29-20-7-11-32(12-8-20)26(34)9-10-30-13-15-31(16-14-30)23-5-3-19(27)17-22(23)28/h3-6,17-18,20,29H,2,7-16H2,1H3. The molecule has 0 aromatic heterocycles. The SMILES string of the molecule is CCOc1cc(NC2CCN(C(=O)CCN3CCN(c4ccc(Cl)cc4F)CC3)CC2)ccc1[N+](=O)[O-]. The lowest BCUT2D eigenvalue weighted by atomic mass is 10.0. The van der Waals surface area contributed by atoms with Crippen molar-refractivity contribution in [3.05, 3.63) is 57.4 Å². The van der Waals surface area contributed by atoms with Gasteiger partial charge in [-0.25, -0.2) is 4.39 Å². The minimum atomic E-state index is -0.446. The number of nitro benzene ring substituents is 1. The molecule has 2 aromatic carbocycles. The molecule has 2 aliphatic rings. The first-order chi connectivity index (χ1) is 17.8. The number of likely N-dealkylation sites (tertiary alicyclic amines) is 1. The Bertz CT molecular complexity index is 1100. The van der Waals surface area contributed by atoms with Crippen molar-refractivity contribution in [2.45, 2.75) is 32.2 Å². The van der Waals surface area contributed by atoms with Crippen LogP contribution >= 0.6 is 11.6 Å². The quantitative estimate of drug-likeness (QED) is 0.377. The molecule has 0 bridgehead atoms. The molecule has 0 aliphatic carbocycles. The van der Waals surface area contributed by atoms with E-state index >= 15 is 0 Å². The van der Waals surface area contributed by atoms with E-state index in [9.17, 15) is 19.3 Å². The predicted molar refractivity (Wildman–Crippen MR) is 142 cm³/mol. The van der Waals surface area contributed by atoms with Crippen LogP contribution < -0.4 is 15.0 Å². The van der Waals surface area contributed by atoms with Gasteiger partial charge >= 0.3 is 5.69 Å². The monoisotopic (exact) mass is 533 g/mol. The van der Waals surface area contributed by atoms with Crippen LogP contribution in [0.1, 0.15) is 26.2 Å². The molecule has 2 fully saturated rings. The minimum Gasteiger partial charge on any atom is -0.487 e. The van der Waals surface area contributed by atoms with Gasteiger partial charge in [0.1, 0.15) is 5.82 Å². The van der Waals surface area contributed by atoms with Crippen LogP contribution in [-0.4, -0.2) is 79.1 Å². The fourth-order valence-electron chi connectivity index (χ4n) is 4.90. The second-order valence-corrected chi connectivity index (χ2v) is 9.78. The van der Waals surface area contributed by atoms with Crippen molar-refractivity contribution in [2.75, 3.05) is 62.6 Å². The summed E-state index contributed by atoms with van der Waals surface area (Å²) in [6.07, 6.45) is 2.07. The number of rotatable bonds is 9.